The first-order valence-electron chi connectivity index (χ1n) is 19.4. The maximum atomic E-state index is 6.31. The van der Waals surface area contributed by atoms with Gasteiger partial charge in [-0.05, 0) is 82.9 Å². The van der Waals surface area contributed by atoms with Gasteiger partial charge in [0.15, 0.2) is 0 Å². The van der Waals surface area contributed by atoms with Gasteiger partial charge >= 0.3 is 0 Å². The molecule has 0 aliphatic heterocycles. The lowest BCUT2D eigenvalue weighted by atomic mass is 9.97. The first-order valence-corrected chi connectivity index (χ1v) is 19.4. The minimum Gasteiger partial charge on any atom is -0.456 e. The van der Waals surface area contributed by atoms with Crippen molar-refractivity contribution in [1.82, 2.24) is 4.57 Å². The van der Waals surface area contributed by atoms with Crippen LogP contribution in [0.3, 0.4) is 0 Å². The van der Waals surface area contributed by atoms with E-state index in [9.17, 15) is 0 Å². The summed E-state index contributed by atoms with van der Waals surface area (Å²) in [5, 5.41) is 4.61. The van der Waals surface area contributed by atoms with Gasteiger partial charge in [-0.25, -0.2) is 0 Å². The number of anilines is 3. The molecule has 3 heteroatoms. The summed E-state index contributed by atoms with van der Waals surface area (Å²) >= 11 is 0. The predicted octanol–water partition coefficient (Wildman–Crippen LogP) is 15.2. The molecule has 9 aromatic carbocycles. The van der Waals surface area contributed by atoms with E-state index in [1.54, 1.807) is 0 Å². The van der Waals surface area contributed by atoms with E-state index in [1.807, 2.05) is 12.1 Å². The number of hydrogen-bond donors (Lipinski definition) is 0. The van der Waals surface area contributed by atoms with Gasteiger partial charge in [-0.2, -0.15) is 0 Å². The third kappa shape index (κ3) is 5.60. The van der Waals surface area contributed by atoms with E-state index in [2.05, 4.69) is 216 Å². The average molecular weight is 729 g/mol. The van der Waals surface area contributed by atoms with Gasteiger partial charge in [0.05, 0.1) is 22.4 Å². The summed E-state index contributed by atoms with van der Waals surface area (Å²) in [5.41, 5.74) is 15.4. The van der Waals surface area contributed by atoms with Crippen LogP contribution in [0.1, 0.15) is 0 Å². The normalized spacial score (nSPS) is 11.5. The number of fused-ring (bicyclic) bond motifs is 6. The van der Waals surface area contributed by atoms with Crippen LogP contribution in [-0.4, -0.2) is 4.57 Å². The third-order valence-corrected chi connectivity index (χ3v) is 11.2. The maximum absolute atomic E-state index is 6.31. The molecule has 0 aliphatic rings. The molecule has 57 heavy (non-hydrogen) atoms. The molecule has 2 aromatic heterocycles. The molecule has 0 unspecified atom stereocenters. The molecule has 0 spiro atoms. The Morgan fingerprint density at radius 1 is 0.333 bits per heavy atom. The van der Waals surface area contributed by atoms with Crippen LogP contribution >= 0.6 is 0 Å². The first kappa shape index (κ1) is 32.8. The largest absolute Gasteiger partial charge is 0.456 e. The van der Waals surface area contributed by atoms with Gasteiger partial charge < -0.3 is 13.9 Å². The molecular weight excluding hydrogens is 693 g/mol. The van der Waals surface area contributed by atoms with Crippen LogP contribution in [0.5, 0.6) is 0 Å². The first-order chi connectivity index (χ1) is 28.3. The summed E-state index contributed by atoms with van der Waals surface area (Å²) in [4.78, 5) is 2.40. The molecule has 11 rings (SSSR count). The SMILES string of the molecule is c1ccc(-c2ccc(-n3c4ccccc4c4ccc(N(c5ccc6oc7ccccc7c6c5)c5ccccc5-c5ccccc5)cc43)c(-c3ccccc3)c2)cc1. The second-order valence-electron chi connectivity index (χ2n) is 14.5. The number of nitrogens with zero attached hydrogens (tertiary/aromatic N) is 2. The monoisotopic (exact) mass is 728 g/mol. The standard InChI is InChI=1S/C54H36N2O/c1-4-16-37(17-5-1)40-28-32-51(47(34-40)39-20-8-3-9-21-39)56-50-26-14-11-23-44(50)45-31-29-42(36-52(45)56)55(49-25-13-10-22-43(49)38-18-6-2-7-19-38)41-30-33-54-48(35-41)46-24-12-15-27-53(46)57-54/h1-36H. The van der Waals surface area contributed by atoms with E-state index in [0.29, 0.717) is 0 Å². The van der Waals surface area contributed by atoms with Crippen molar-refractivity contribution in [2.75, 3.05) is 4.90 Å². The molecule has 0 amide bonds. The molecule has 0 saturated heterocycles. The van der Waals surface area contributed by atoms with Gasteiger partial charge in [-0.15, -0.1) is 0 Å². The van der Waals surface area contributed by atoms with Gasteiger partial charge in [-0.1, -0.05) is 158 Å². The van der Waals surface area contributed by atoms with Crippen molar-refractivity contribution >= 4 is 60.8 Å². The number of benzene rings is 9. The smallest absolute Gasteiger partial charge is 0.135 e. The summed E-state index contributed by atoms with van der Waals surface area (Å²) in [7, 11) is 0. The maximum Gasteiger partial charge on any atom is 0.135 e. The molecule has 0 bridgehead atoms. The molecule has 3 nitrogen and oxygen atoms in total. The van der Waals surface area contributed by atoms with Crippen molar-refractivity contribution < 1.29 is 4.42 Å². The second-order valence-corrected chi connectivity index (χ2v) is 14.5. The molecule has 11 aromatic rings. The molecule has 2 heterocycles. The van der Waals surface area contributed by atoms with Gasteiger partial charge in [0, 0.05) is 44.0 Å². The number of hydrogen-bond acceptors (Lipinski definition) is 2. The van der Waals surface area contributed by atoms with Crippen LogP contribution in [0.15, 0.2) is 223 Å². The van der Waals surface area contributed by atoms with Crippen molar-refractivity contribution in [3.63, 3.8) is 0 Å². The number of para-hydroxylation sites is 3. The molecule has 268 valence electrons. The zero-order chi connectivity index (χ0) is 37.7. The van der Waals surface area contributed by atoms with E-state index >= 15 is 0 Å². The van der Waals surface area contributed by atoms with E-state index in [-0.39, 0.29) is 0 Å². The number of aromatic nitrogens is 1. The molecule has 0 saturated carbocycles. The second kappa shape index (κ2) is 13.6. The molecule has 0 N–H and O–H groups in total. The fourth-order valence-corrected chi connectivity index (χ4v) is 8.56. The van der Waals surface area contributed by atoms with Gasteiger partial charge in [0.1, 0.15) is 11.2 Å². The molecule has 0 atom stereocenters. The summed E-state index contributed by atoms with van der Waals surface area (Å²) in [5.74, 6) is 0. The molecule has 0 aliphatic carbocycles. The Morgan fingerprint density at radius 2 is 0.912 bits per heavy atom. The van der Waals surface area contributed by atoms with Crippen molar-refractivity contribution in [2.45, 2.75) is 0 Å². The molecule has 0 radical (unpaired) electrons. The minimum absolute atomic E-state index is 0.874. The lowest BCUT2D eigenvalue weighted by molar-refractivity contribution is 0.669. The summed E-state index contributed by atoms with van der Waals surface area (Å²) < 4.78 is 8.77. The Labute approximate surface area is 330 Å². The van der Waals surface area contributed by atoms with Gasteiger partial charge in [0.2, 0.25) is 0 Å². The molecular formula is C54H36N2O. The fourth-order valence-electron chi connectivity index (χ4n) is 8.56. The van der Waals surface area contributed by atoms with Crippen LogP contribution < -0.4 is 4.90 Å². The van der Waals surface area contributed by atoms with E-state index in [1.165, 1.54) is 33.0 Å². The van der Waals surface area contributed by atoms with Crippen molar-refractivity contribution in [3.05, 3.63) is 218 Å². The Morgan fingerprint density at radius 3 is 1.70 bits per heavy atom. The van der Waals surface area contributed by atoms with Crippen LogP contribution in [0.4, 0.5) is 17.1 Å². The Balaban J connectivity index is 1.19. The topological polar surface area (TPSA) is 21.3 Å². The summed E-state index contributed by atoms with van der Waals surface area (Å²) in [6.07, 6.45) is 0. The highest BCUT2D eigenvalue weighted by molar-refractivity contribution is 6.12. The van der Waals surface area contributed by atoms with Gasteiger partial charge in [0.25, 0.3) is 0 Å². The number of furan rings is 1. The van der Waals surface area contributed by atoms with Crippen LogP contribution in [0.2, 0.25) is 0 Å². The number of rotatable bonds is 7. The van der Waals surface area contributed by atoms with Crippen molar-refractivity contribution in [3.8, 4) is 39.1 Å². The van der Waals surface area contributed by atoms with E-state index < -0.39 is 0 Å². The van der Waals surface area contributed by atoms with Crippen molar-refractivity contribution in [2.24, 2.45) is 0 Å². The summed E-state index contributed by atoms with van der Waals surface area (Å²) in [6, 6.07) is 78.3. The van der Waals surface area contributed by atoms with Crippen LogP contribution in [0, 0.1) is 0 Å². The zero-order valence-corrected chi connectivity index (χ0v) is 31.1. The third-order valence-electron chi connectivity index (χ3n) is 11.2. The Hall–Kier alpha value is -7.62. The van der Waals surface area contributed by atoms with Crippen LogP contribution in [-0.2, 0) is 0 Å². The highest BCUT2D eigenvalue weighted by Gasteiger charge is 2.22. The summed E-state index contributed by atoms with van der Waals surface area (Å²) in [6.45, 7) is 0. The fraction of sp³-hybridized carbons (Fsp3) is 0. The minimum atomic E-state index is 0.874. The lowest BCUT2D eigenvalue weighted by Gasteiger charge is -2.28. The van der Waals surface area contributed by atoms with E-state index in [4.69, 9.17) is 4.42 Å². The van der Waals surface area contributed by atoms with Crippen molar-refractivity contribution in [1.29, 1.82) is 0 Å². The highest BCUT2D eigenvalue weighted by Crippen LogP contribution is 2.45. The molecule has 0 fully saturated rings. The van der Waals surface area contributed by atoms with Gasteiger partial charge in [-0.3, -0.25) is 0 Å². The Bertz CT molecular complexity index is 3230. The zero-order valence-electron chi connectivity index (χ0n) is 31.1. The predicted molar refractivity (Wildman–Crippen MR) is 239 cm³/mol. The van der Waals surface area contributed by atoms with E-state index in [0.717, 1.165) is 66.8 Å². The lowest BCUT2D eigenvalue weighted by Crippen LogP contribution is -2.11. The Kier molecular flexibility index (Phi) is 7.82. The quantitative estimate of drug-likeness (QED) is 0.163. The van der Waals surface area contributed by atoms with Crippen LogP contribution in [0.25, 0.3) is 82.8 Å². The average Bonchev–Trinajstić information content (AvgIpc) is 3.82. The highest BCUT2D eigenvalue weighted by atomic mass is 16.3.